The van der Waals surface area contributed by atoms with E-state index in [9.17, 15) is 14.7 Å². The number of furan rings is 1. The maximum atomic E-state index is 13.8. The first-order valence-electron chi connectivity index (χ1n) is 11.4. The van der Waals surface area contributed by atoms with Crippen molar-refractivity contribution in [2.75, 3.05) is 48.5 Å². The molecule has 0 bridgehead atoms. The van der Waals surface area contributed by atoms with E-state index in [1.807, 2.05) is 38.1 Å². The number of amides is 1. The summed E-state index contributed by atoms with van der Waals surface area (Å²) in [5, 5.41) is 11.7. The number of ketones is 1. The molecule has 0 fully saturated rings. The van der Waals surface area contributed by atoms with E-state index >= 15 is 0 Å². The SMILES string of the molecule is COc1cc(C2C(C(=O)c3cc4cc(C)ccc4o3)=C(O)C(=O)N2CCN(C)C)cc(OC)c1OC. The van der Waals surface area contributed by atoms with Crippen LogP contribution in [0, 0.1) is 6.92 Å². The van der Waals surface area contributed by atoms with Crippen LogP contribution in [0.2, 0.25) is 0 Å². The first kappa shape index (κ1) is 25.1. The Morgan fingerprint density at radius 3 is 2.31 bits per heavy atom. The average molecular weight is 495 g/mol. The lowest BCUT2D eigenvalue weighted by molar-refractivity contribution is -0.129. The molecule has 36 heavy (non-hydrogen) atoms. The number of aliphatic hydroxyl groups is 1. The van der Waals surface area contributed by atoms with Crippen molar-refractivity contribution in [2.24, 2.45) is 0 Å². The number of fused-ring (bicyclic) bond motifs is 1. The van der Waals surface area contributed by atoms with Crippen LogP contribution in [0.15, 0.2) is 52.1 Å². The maximum absolute atomic E-state index is 13.8. The number of rotatable bonds is 9. The van der Waals surface area contributed by atoms with Crippen LogP contribution < -0.4 is 14.2 Å². The van der Waals surface area contributed by atoms with Crippen LogP contribution in [0.1, 0.15) is 27.7 Å². The summed E-state index contributed by atoms with van der Waals surface area (Å²) in [6.07, 6.45) is 0. The Hall–Kier alpha value is -3.98. The summed E-state index contributed by atoms with van der Waals surface area (Å²) in [5.74, 6) is -0.659. The molecule has 0 radical (unpaired) electrons. The molecule has 9 heteroatoms. The van der Waals surface area contributed by atoms with E-state index in [2.05, 4.69) is 0 Å². The molecule has 1 unspecified atom stereocenters. The first-order valence-corrected chi connectivity index (χ1v) is 11.4. The highest BCUT2D eigenvalue weighted by molar-refractivity contribution is 6.16. The zero-order valence-corrected chi connectivity index (χ0v) is 21.2. The van der Waals surface area contributed by atoms with Gasteiger partial charge in [-0.15, -0.1) is 0 Å². The Bertz CT molecular complexity index is 1330. The second-order valence-corrected chi connectivity index (χ2v) is 8.91. The summed E-state index contributed by atoms with van der Waals surface area (Å²) >= 11 is 0. The zero-order chi connectivity index (χ0) is 26.1. The number of ether oxygens (including phenoxy) is 3. The van der Waals surface area contributed by atoms with Gasteiger partial charge in [-0.25, -0.2) is 0 Å². The van der Waals surface area contributed by atoms with Crippen LogP contribution in [0.3, 0.4) is 0 Å². The Balaban J connectivity index is 1.87. The molecule has 1 aliphatic rings. The van der Waals surface area contributed by atoms with Gasteiger partial charge in [0, 0.05) is 18.5 Å². The molecule has 0 saturated heterocycles. The molecule has 9 nitrogen and oxygen atoms in total. The lowest BCUT2D eigenvalue weighted by Crippen LogP contribution is -2.36. The summed E-state index contributed by atoms with van der Waals surface area (Å²) < 4.78 is 22.3. The summed E-state index contributed by atoms with van der Waals surface area (Å²) in [7, 11) is 8.23. The van der Waals surface area contributed by atoms with Gasteiger partial charge in [0.1, 0.15) is 5.58 Å². The number of Topliss-reactive ketones (excluding diaryl/α,β-unsaturated/α-hetero) is 1. The van der Waals surface area contributed by atoms with Crippen LogP contribution in [0.4, 0.5) is 0 Å². The van der Waals surface area contributed by atoms with Crippen molar-refractivity contribution in [1.29, 1.82) is 0 Å². The average Bonchev–Trinajstić information content (AvgIpc) is 3.39. The summed E-state index contributed by atoms with van der Waals surface area (Å²) in [6.45, 7) is 2.74. The number of hydrogen-bond donors (Lipinski definition) is 1. The van der Waals surface area contributed by atoms with E-state index in [-0.39, 0.29) is 17.9 Å². The highest BCUT2D eigenvalue weighted by Gasteiger charge is 2.45. The summed E-state index contributed by atoms with van der Waals surface area (Å²) in [6, 6.07) is 9.67. The minimum absolute atomic E-state index is 0.0388. The van der Waals surface area contributed by atoms with Crippen molar-refractivity contribution in [3.63, 3.8) is 0 Å². The second-order valence-electron chi connectivity index (χ2n) is 8.91. The Kier molecular flexibility index (Phi) is 6.94. The molecule has 1 atom stereocenters. The number of aryl methyl sites for hydroxylation is 1. The predicted octanol–water partition coefficient (Wildman–Crippen LogP) is 3.91. The van der Waals surface area contributed by atoms with Gasteiger partial charge in [0.05, 0.1) is 32.9 Å². The molecule has 190 valence electrons. The van der Waals surface area contributed by atoms with E-state index in [1.165, 1.54) is 26.2 Å². The van der Waals surface area contributed by atoms with Gasteiger partial charge in [0.2, 0.25) is 11.5 Å². The molecule has 2 heterocycles. The molecule has 1 aromatic heterocycles. The minimum Gasteiger partial charge on any atom is -0.503 e. The molecule has 1 amide bonds. The Labute approximate surface area is 209 Å². The lowest BCUT2D eigenvalue weighted by atomic mass is 9.94. The smallest absolute Gasteiger partial charge is 0.290 e. The van der Waals surface area contributed by atoms with Crippen LogP contribution in [0.5, 0.6) is 17.2 Å². The largest absolute Gasteiger partial charge is 0.503 e. The van der Waals surface area contributed by atoms with Gasteiger partial charge < -0.3 is 33.5 Å². The molecule has 1 N–H and O–H groups in total. The maximum Gasteiger partial charge on any atom is 0.290 e. The number of carbonyl (C=O) groups is 2. The molecular weight excluding hydrogens is 464 g/mol. The second kappa shape index (κ2) is 9.94. The van der Waals surface area contributed by atoms with E-state index in [0.717, 1.165) is 10.9 Å². The van der Waals surface area contributed by atoms with Crippen molar-refractivity contribution in [2.45, 2.75) is 13.0 Å². The number of aliphatic hydroxyl groups excluding tert-OH is 1. The van der Waals surface area contributed by atoms with E-state index in [1.54, 1.807) is 24.3 Å². The third-order valence-corrected chi connectivity index (χ3v) is 6.23. The van der Waals surface area contributed by atoms with Gasteiger partial charge >= 0.3 is 0 Å². The topological polar surface area (TPSA) is 102 Å². The Morgan fingerprint density at radius 2 is 1.72 bits per heavy atom. The number of carbonyl (C=O) groups excluding carboxylic acids is 2. The monoisotopic (exact) mass is 494 g/mol. The van der Waals surface area contributed by atoms with Crippen LogP contribution in [-0.2, 0) is 4.79 Å². The molecule has 1 aliphatic heterocycles. The first-order chi connectivity index (χ1) is 17.2. The van der Waals surface area contributed by atoms with Crippen LogP contribution in [0.25, 0.3) is 11.0 Å². The van der Waals surface area contributed by atoms with Gasteiger partial charge in [-0.05, 0) is 56.9 Å². The third-order valence-electron chi connectivity index (χ3n) is 6.23. The van der Waals surface area contributed by atoms with E-state index < -0.39 is 23.5 Å². The van der Waals surface area contributed by atoms with E-state index in [4.69, 9.17) is 18.6 Å². The predicted molar refractivity (Wildman–Crippen MR) is 134 cm³/mol. The van der Waals surface area contributed by atoms with Crippen molar-refractivity contribution in [3.05, 3.63) is 64.6 Å². The fourth-order valence-corrected chi connectivity index (χ4v) is 4.44. The summed E-state index contributed by atoms with van der Waals surface area (Å²) in [4.78, 5) is 30.4. The molecule has 3 aromatic rings. The van der Waals surface area contributed by atoms with Crippen molar-refractivity contribution in [1.82, 2.24) is 9.80 Å². The van der Waals surface area contributed by atoms with E-state index in [0.29, 0.717) is 34.9 Å². The Morgan fingerprint density at radius 1 is 1.06 bits per heavy atom. The van der Waals surface area contributed by atoms with Crippen molar-refractivity contribution >= 4 is 22.7 Å². The van der Waals surface area contributed by atoms with Crippen LogP contribution in [-0.4, -0.2) is 75.1 Å². The quantitative estimate of drug-likeness (QED) is 0.447. The standard InChI is InChI=1S/C27H30N2O7/c1-15-7-8-18-16(11-15)12-19(36-18)24(30)22-23(29(10-9-28(2)3)27(32)25(22)31)17-13-20(33-4)26(35-6)21(14-17)34-5/h7-8,11-14,23,31H,9-10H2,1-6H3. The highest BCUT2D eigenvalue weighted by atomic mass is 16.5. The van der Waals surface area contributed by atoms with Crippen molar-refractivity contribution < 1.29 is 33.3 Å². The minimum atomic E-state index is -0.895. The van der Waals surface area contributed by atoms with Gasteiger partial charge in [0.25, 0.3) is 5.91 Å². The van der Waals surface area contributed by atoms with Crippen molar-refractivity contribution in [3.8, 4) is 17.2 Å². The number of benzene rings is 2. The fraction of sp³-hybridized carbons (Fsp3) is 0.333. The lowest BCUT2D eigenvalue weighted by Gasteiger charge is -2.28. The van der Waals surface area contributed by atoms with Gasteiger partial charge in [-0.2, -0.15) is 0 Å². The summed E-state index contributed by atoms with van der Waals surface area (Å²) in [5.41, 5.74) is 2.02. The number of hydrogen-bond acceptors (Lipinski definition) is 8. The van der Waals surface area contributed by atoms with Gasteiger partial charge in [-0.3, -0.25) is 9.59 Å². The number of methoxy groups -OCH3 is 3. The molecule has 0 saturated carbocycles. The molecule has 2 aromatic carbocycles. The number of likely N-dealkylation sites (N-methyl/N-ethyl adjacent to an activating group) is 1. The number of nitrogens with zero attached hydrogens (tertiary/aromatic N) is 2. The third kappa shape index (κ3) is 4.37. The molecule has 0 spiro atoms. The normalized spacial score (nSPS) is 15.8. The molecule has 4 rings (SSSR count). The van der Waals surface area contributed by atoms with Gasteiger partial charge in [-0.1, -0.05) is 11.6 Å². The molecule has 0 aliphatic carbocycles. The molecular formula is C27H30N2O7. The van der Waals surface area contributed by atoms with Gasteiger partial charge in [0.15, 0.2) is 23.0 Å². The fourth-order valence-electron chi connectivity index (χ4n) is 4.44. The zero-order valence-electron chi connectivity index (χ0n) is 21.2. The van der Waals surface area contributed by atoms with Crippen LogP contribution >= 0.6 is 0 Å². The highest BCUT2D eigenvalue weighted by Crippen LogP contribution is 2.45.